The van der Waals surface area contributed by atoms with E-state index in [0.717, 1.165) is 0 Å². The van der Waals surface area contributed by atoms with E-state index in [4.69, 9.17) is 0 Å². The van der Waals surface area contributed by atoms with Crippen LogP contribution in [0.1, 0.15) is 35.9 Å². The number of rotatable bonds is 3. The van der Waals surface area contributed by atoms with Gasteiger partial charge >= 0.3 is 0 Å². The minimum absolute atomic E-state index is 0.0738. The van der Waals surface area contributed by atoms with Crippen molar-refractivity contribution in [1.29, 1.82) is 0 Å². The van der Waals surface area contributed by atoms with Crippen LogP contribution in [0.4, 0.5) is 4.39 Å². The molecule has 0 unspecified atom stereocenters. The van der Waals surface area contributed by atoms with Crippen molar-refractivity contribution in [3.05, 3.63) is 57.9 Å². The molecule has 1 atom stereocenters. The zero-order valence-corrected chi connectivity index (χ0v) is 15.9. The number of aromatic hydroxyl groups is 1. The molecular formula is C20H21FN4O3. The maximum atomic E-state index is 13.1. The van der Waals surface area contributed by atoms with Gasteiger partial charge in [-0.05, 0) is 23.6 Å². The van der Waals surface area contributed by atoms with E-state index < -0.39 is 5.56 Å². The molecule has 0 radical (unpaired) electrons. The molecular weight excluding hydrogens is 363 g/mol. The summed E-state index contributed by atoms with van der Waals surface area (Å²) in [5.74, 6) is -0.807. The second kappa shape index (κ2) is 6.47. The number of carbonyl (C=O) groups excluding carboxylic acids is 1. The molecule has 2 aromatic heterocycles. The number of amides is 1. The minimum Gasteiger partial charge on any atom is -0.505 e. The van der Waals surface area contributed by atoms with Crippen molar-refractivity contribution in [2.75, 3.05) is 13.6 Å². The van der Waals surface area contributed by atoms with Gasteiger partial charge in [0.05, 0.1) is 24.3 Å². The van der Waals surface area contributed by atoms with Gasteiger partial charge in [0.2, 0.25) is 0 Å². The third-order valence-electron chi connectivity index (χ3n) is 5.34. The lowest BCUT2D eigenvalue weighted by Crippen LogP contribution is -2.42. The van der Waals surface area contributed by atoms with E-state index in [1.807, 2.05) is 13.8 Å². The molecule has 0 saturated heterocycles. The Labute approximate surface area is 160 Å². The molecule has 28 heavy (non-hydrogen) atoms. The number of halogens is 1. The Balaban J connectivity index is 1.90. The SMILES string of the molecule is CC(C)[C@H]1CN(C)C(=O)c2c(O)c3c(=O)n(Cc4ccc(F)cc4)ncc3n21. The van der Waals surface area contributed by atoms with Crippen LogP contribution in [0.25, 0.3) is 10.9 Å². The predicted molar refractivity (Wildman–Crippen MR) is 102 cm³/mol. The van der Waals surface area contributed by atoms with Crippen LogP contribution in [0.15, 0.2) is 35.3 Å². The van der Waals surface area contributed by atoms with Crippen molar-refractivity contribution in [3.8, 4) is 5.75 Å². The smallest absolute Gasteiger partial charge is 0.280 e. The first-order valence-electron chi connectivity index (χ1n) is 9.12. The molecule has 0 bridgehead atoms. The van der Waals surface area contributed by atoms with Crippen LogP contribution in [0, 0.1) is 11.7 Å². The quantitative estimate of drug-likeness (QED) is 0.752. The van der Waals surface area contributed by atoms with E-state index in [1.165, 1.54) is 23.0 Å². The minimum atomic E-state index is -0.487. The Morgan fingerprint density at radius 1 is 1.25 bits per heavy atom. The summed E-state index contributed by atoms with van der Waals surface area (Å²) in [4.78, 5) is 27.3. The van der Waals surface area contributed by atoms with Gasteiger partial charge in [0.1, 0.15) is 11.2 Å². The lowest BCUT2D eigenvalue weighted by atomic mass is 10.0. The molecule has 3 aromatic rings. The van der Waals surface area contributed by atoms with E-state index in [0.29, 0.717) is 17.6 Å². The monoisotopic (exact) mass is 384 g/mol. The number of likely N-dealkylation sites (N-methyl/N-ethyl adjacent to an activating group) is 1. The molecule has 1 aromatic carbocycles. The van der Waals surface area contributed by atoms with Crippen LogP contribution >= 0.6 is 0 Å². The normalized spacial score (nSPS) is 16.8. The van der Waals surface area contributed by atoms with Gasteiger partial charge in [0.25, 0.3) is 11.5 Å². The summed E-state index contributed by atoms with van der Waals surface area (Å²) in [6.45, 7) is 4.69. The zero-order chi connectivity index (χ0) is 20.2. The first-order valence-corrected chi connectivity index (χ1v) is 9.12. The maximum absolute atomic E-state index is 13.1. The highest BCUT2D eigenvalue weighted by atomic mass is 19.1. The molecule has 1 N–H and O–H groups in total. The van der Waals surface area contributed by atoms with Gasteiger partial charge in [-0.1, -0.05) is 26.0 Å². The molecule has 0 saturated carbocycles. The fraction of sp³-hybridized carbons (Fsp3) is 0.350. The van der Waals surface area contributed by atoms with E-state index >= 15 is 0 Å². The van der Waals surface area contributed by atoms with Crippen LogP contribution in [0.5, 0.6) is 5.75 Å². The van der Waals surface area contributed by atoms with Crippen molar-refractivity contribution in [3.63, 3.8) is 0 Å². The van der Waals surface area contributed by atoms with Crippen LogP contribution in [-0.4, -0.2) is 43.9 Å². The molecule has 0 fully saturated rings. The van der Waals surface area contributed by atoms with E-state index in [2.05, 4.69) is 5.10 Å². The molecule has 146 valence electrons. The number of fused-ring (bicyclic) bond motifs is 3. The largest absolute Gasteiger partial charge is 0.505 e. The second-order valence-electron chi connectivity index (χ2n) is 7.56. The zero-order valence-electron chi connectivity index (χ0n) is 15.9. The van der Waals surface area contributed by atoms with Crippen molar-refractivity contribution in [1.82, 2.24) is 19.2 Å². The molecule has 0 aliphatic carbocycles. The van der Waals surface area contributed by atoms with Gasteiger partial charge in [-0.3, -0.25) is 9.59 Å². The van der Waals surface area contributed by atoms with Crippen LogP contribution < -0.4 is 5.56 Å². The van der Waals surface area contributed by atoms with Crippen molar-refractivity contribution in [2.24, 2.45) is 5.92 Å². The van der Waals surface area contributed by atoms with Gasteiger partial charge in [0, 0.05) is 13.6 Å². The first kappa shape index (κ1) is 18.2. The number of hydrogen-bond acceptors (Lipinski definition) is 4. The summed E-state index contributed by atoms with van der Waals surface area (Å²) in [5.41, 5.74) is 0.794. The van der Waals surface area contributed by atoms with Crippen molar-refractivity contribution in [2.45, 2.75) is 26.4 Å². The summed E-state index contributed by atoms with van der Waals surface area (Å²) in [6.07, 6.45) is 1.51. The summed E-state index contributed by atoms with van der Waals surface area (Å²) >= 11 is 0. The fourth-order valence-corrected chi connectivity index (χ4v) is 3.80. The fourth-order valence-electron chi connectivity index (χ4n) is 3.80. The van der Waals surface area contributed by atoms with Gasteiger partial charge in [0.15, 0.2) is 11.4 Å². The lowest BCUT2D eigenvalue weighted by Gasteiger charge is -2.34. The van der Waals surface area contributed by atoms with E-state index in [-0.39, 0.29) is 47.1 Å². The molecule has 4 rings (SSSR count). The Kier molecular flexibility index (Phi) is 4.21. The van der Waals surface area contributed by atoms with Crippen LogP contribution in [0.3, 0.4) is 0 Å². The Bertz CT molecular complexity index is 1130. The lowest BCUT2D eigenvalue weighted by molar-refractivity contribution is 0.0694. The number of hydrogen-bond donors (Lipinski definition) is 1. The highest BCUT2D eigenvalue weighted by molar-refractivity contribution is 6.04. The number of nitrogens with zero attached hydrogens (tertiary/aromatic N) is 4. The van der Waals surface area contributed by atoms with E-state index in [9.17, 15) is 19.1 Å². The molecule has 3 heterocycles. The number of carbonyl (C=O) groups is 1. The molecule has 0 spiro atoms. The average molecular weight is 384 g/mol. The molecule has 1 aliphatic heterocycles. The van der Waals surface area contributed by atoms with Gasteiger partial charge in [-0.15, -0.1) is 0 Å². The first-order chi connectivity index (χ1) is 13.3. The van der Waals surface area contributed by atoms with E-state index in [1.54, 1.807) is 28.6 Å². The molecule has 1 amide bonds. The molecule has 1 aliphatic rings. The summed E-state index contributed by atoms with van der Waals surface area (Å²) < 4.78 is 16.1. The topological polar surface area (TPSA) is 80.4 Å². The summed E-state index contributed by atoms with van der Waals surface area (Å²) in [6, 6.07) is 5.71. The molecule has 8 heteroatoms. The Morgan fingerprint density at radius 3 is 2.57 bits per heavy atom. The average Bonchev–Trinajstić information content (AvgIpc) is 2.95. The van der Waals surface area contributed by atoms with Gasteiger partial charge in [-0.2, -0.15) is 5.10 Å². The highest BCUT2D eigenvalue weighted by Gasteiger charge is 2.37. The van der Waals surface area contributed by atoms with Crippen molar-refractivity contribution >= 4 is 16.8 Å². The van der Waals surface area contributed by atoms with Crippen LogP contribution in [-0.2, 0) is 6.54 Å². The third-order valence-corrected chi connectivity index (χ3v) is 5.34. The summed E-state index contributed by atoms with van der Waals surface area (Å²) in [5, 5.41) is 15.1. The Hall–Kier alpha value is -3.16. The maximum Gasteiger partial charge on any atom is 0.280 e. The van der Waals surface area contributed by atoms with Crippen LogP contribution in [0.2, 0.25) is 0 Å². The highest BCUT2D eigenvalue weighted by Crippen LogP contribution is 2.38. The predicted octanol–water partition coefficient (Wildman–Crippen LogP) is 2.37. The van der Waals surface area contributed by atoms with Gasteiger partial charge < -0.3 is 14.6 Å². The third kappa shape index (κ3) is 2.67. The number of benzene rings is 1. The van der Waals surface area contributed by atoms with Crippen molar-refractivity contribution < 1.29 is 14.3 Å². The standard InChI is InChI=1S/C20H21FN4O3/c1-11(2)15-10-23(3)20(28)17-18(26)16-14(25(15)17)8-22-24(19(16)27)9-12-4-6-13(21)7-5-12/h4-8,11,15,26H,9-10H2,1-3H3/t15-/m1/s1. The summed E-state index contributed by atoms with van der Waals surface area (Å²) in [7, 11) is 1.68. The Morgan fingerprint density at radius 2 is 1.93 bits per heavy atom. The molecule has 7 nitrogen and oxygen atoms in total. The second-order valence-corrected chi connectivity index (χ2v) is 7.56. The van der Waals surface area contributed by atoms with Gasteiger partial charge in [-0.25, -0.2) is 9.07 Å². The number of aromatic nitrogens is 3.